The quantitative estimate of drug-likeness (QED) is 0.889. The Hall–Kier alpha value is -2.64. The highest BCUT2D eigenvalue weighted by Gasteiger charge is 2.46. The number of amides is 1. The van der Waals surface area contributed by atoms with Crippen LogP contribution >= 0.6 is 0 Å². The maximum atomic E-state index is 12.7. The number of nitrogens with zero attached hydrogens (tertiary/aromatic N) is 4. The summed E-state index contributed by atoms with van der Waals surface area (Å²) in [6.45, 7) is 2.30. The van der Waals surface area contributed by atoms with Crippen LogP contribution in [0.3, 0.4) is 0 Å². The summed E-state index contributed by atoms with van der Waals surface area (Å²) in [5.74, 6) is -0.900. The second-order valence-corrected chi connectivity index (χ2v) is 6.66. The van der Waals surface area contributed by atoms with E-state index in [1.165, 1.54) is 11.9 Å². The molecule has 0 saturated heterocycles. The van der Waals surface area contributed by atoms with Crippen molar-refractivity contribution in [2.24, 2.45) is 0 Å². The fourth-order valence-electron chi connectivity index (χ4n) is 3.40. The zero-order valence-electron chi connectivity index (χ0n) is 14.4. The molecule has 1 saturated carbocycles. The largest absolute Gasteiger partial charge is 0.479 e. The number of aliphatic carboxylic acids is 1. The summed E-state index contributed by atoms with van der Waals surface area (Å²) in [5, 5.41) is 17.7. The van der Waals surface area contributed by atoms with Crippen molar-refractivity contribution in [3.05, 3.63) is 35.5 Å². The van der Waals surface area contributed by atoms with Crippen LogP contribution in [0.1, 0.15) is 53.9 Å². The summed E-state index contributed by atoms with van der Waals surface area (Å²) in [5.41, 5.74) is -0.0168. The molecule has 1 fully saturated rings. The molecular formula is C17H22N4O4. The molecule has 2 aromatic heterocycles. The third-order valence-corrected chi connectivity index (χ3v) is 4.88. The zero-order chi connectivity index (χ0) is 18.0. The molecule has 0 atom stereocenters. The minimum Gasteiger partial charge on any atom is -0.479 e. The Labute approximate surface area is 145 Å². The maximum Gasteiger partial charge on any atom is 0.329 e. The molecule has 25 heavy (non-hydrogen) atoms. The van der Waals surface area contributed by atoms with Crippen LogP contribution in [0.25, 0.3) is 0 Å². The molecular weight excluding hydrogens is 324 g/mol. The van der Waals surface area contributed by atoms with Crippen LogP contribution in [0.5, 0.6) is 0 Å². The monoisotopic (exact) mass is 346 g/mol. The predicted molar refractivity (Wildman–Crippen MR) is 88.1 cm³/mol. The third kappa shape index (κ3) is 3.29. The average Bonchev–Trinajstić information content (AvgIpc) is 3.23. The lowest BCUT2D eigenvalue weighted by molar-refractivity contribution is -0.151. The minimum absolute atomic E-state index is 0.118. The van der Waals surface area contributed by atoms with Gasteiger partial charge in [0.05, 0.1) is 6.20 Å². The van der Waals surface area contributed by atoms with E-state index in [9.17, 15) is 14.7 Å². The first-order valence-electron chi connectivity index (χ1n) is 8.38. The third-order valence-electron chi connectivity index (χ3n) is 4.88. The van der Waals surface area contributed by atoms with Crippen molar-refractivity contribution in [2.45, 2.75) is 51.1 Å². The number of aryl methyl sites for hydroxylation is 1. The fourth-order valence-corrected chi connectivity index (χ4v) is 3.40. The first-order valence-corrected chi connectivity index (χ1v) is 8.38. The molecule has 0 aromatic carbocycles. The molecule has 1 aliphatic rings. The summed E-state index contributed by atoms with van der Waals surface area (Å²) in [4.78, 5) is 25.9. The molecule has 0 unspecified atom stereocenters. The van der Waals surface area contributed by atoms with Gasteiger partial charge >= 0.3 is 5.97 Å². The Balaban J connectivity index is 1.77. The number of rotatable bonds is 5. The second kappa shape index (κ2) is 6.70. The number of carbonyl (C=O) groups is 2. The van der Waals surface area contributed by atoms with Gasteiger partial charge in [-0.2, -0.15) is 5.10 Å². The predicted octanol–water partition coefficient (Wildman–Crippen LogP) is 2.09. The summed E-state index contributed by atoms with van der Waals surface area (Å²) >= 11 is 0. The molecule has 0 radical (unpaired) electrons. The molecule has 8 heteroatoms. The van der Waals surface area contributed by atoms with Gasteiger partial charge in [-0.25, -0.2) is 4.79 Å². The van der Waals surface area contributed by atoms with Crippen LogP contribution in [0.2, 0.25) is 0 Å². The molecule has 0 bridgehead atoms. The van der Waals surface area contributed by atoms with Gasteiger partial charge in [0.2, 0.25) is 0 Å². The molecule has 3 rings (SSSR count). The molecule has 1 amide bonds. The zero-order valence-corrected chi connectivity index (χ0v) is 14.4. The Morgan fingerprint density at radius 1 is 1.36 bits per heavy atom. The Morgan fingerprint density at radius 3 is 2.68 bits per heavy atom. The number of carbonyl (C=O) groups excluding carboxylic acids is 1. The standard InChI is InChI=1S/C17H22N4O4/c1-12-9-18-21(10-12)11-13-8-14(19-25-13)15(22)20(2)17(16(23)24)6-4-3-5-7-17/h8-10H,3-7,11H2,1-2H3,(H,23,24). The normalized spacial score (nSPS) is 16.6. The number of carboxylic acids is 1. The summed E-state index contributed by atoms with van der Waals surface area (Å²) in [6, 6.07) is 1.55. The highest BCUT2D eigenvalue weighted by molar-refractivity contribution is 5.96. The number of carboxylic acid groups (broad SMARTS) is 1. The van der Waals surface area contributed by atoms with E-state index in [1.807, 2.05) is 13.1 Å². The first-order chi connectivity index (χ1) is 11.9. The van der Waals surface area contributed by atoms with Crippen LogP contribution in [-0.4, -0.2) is 49.4 Å². The molecule has 8 nitrogen and oxygen atoms in total. The second-order valence-electron chi connectivity index (χ2n) is 6.66. The highest BCUT2D eigenvalue weighted by Crippen LogP contribution is 2.34. The van der Waals surface area contributed by atoms with Crippen molar-refractivity contribution in [3.8, 4) is 0 Å². The maximum absolute atomic E-state index is 12.7. The SMILES string of the molecule is Cc1cnn(Cc2cc(C(=O)N(C)C3(C(=O)O)CCCCC3)no2)c1. The number of likely N-dealkylation sites (N-methyl/N-ethyl adjacent to an activating group) is 1. The van der Waals surface area contributed by atoms with Gasteiger partial charge in [0, 0.05) is 19.3 Å². The number of hydrogen-bond acceptors (Lipinski definition) is 5. The van der Waals surface area contributed by atoms with Crippen molar-refractivity contribution in [3.63, 3.8) is 0 Å². The Bertz CT molecular complexity index is 773. The lowest BCUT2D eigenvalue weighted by Crippen LogP contribution is -2.56. The number of hydrogen-bond donors (Lipinski definition) is 1. The highest BCUT2D eigenvalue weighted by atomic mass is 16.5. The van der Waals surface area contributed by atoms with Crippen molar-refractivity contribution in [1.29, 1.82) is 0 Å². The molecule has 2 aromatic rings. The van der Waals surface area contributed by atoms with Gasteiger partial charge in [0.25, 0.3) is 5.91 Å². The van der Waals surface area contributed by atoms with E-state index in [2.05, 4.69) is 10.3 Å². The van der Waals surface area contributed by atoms with Crippen LogP contribution < -0.4 is 0 Å². The van der Waals surface area contributed by atoms with Gasteiger partial charge in [-0.05, 0) is 25.3 Å². The van der Waals surface area contributed by atoms with Crippen molar-refractivity contribution in [2.75, 3.05) is 7.05 Å². The van der Waals surface area contributed by atoms with Crippen LogP contribution in [0.4, 0.5) is 0 Å². The molecule has 1 aliphatic carbocycles. The number of aromatic nitrogens is 3. The van der Waals surface area contributed by atoms with Crippen LogP contribution in [-0.2, 0) is 11.3 Å². The fraction of sp³-hybridized carbons (Fsp3) is 0.529. The summed E-state index contributed by atoms with van der Waals surface area (Å²) < 4.78 is 6.91. The lowest BCUT2D eigenvalue weighted by Gasteiger charge is -2.40. The van der Waals surface area contributed by atoms with Crippen molar-refractivity contribution >= 4 is 11.9 Å². The lowest BCUT2D eigenvalue weighted by atomic mass is 9.80. The molecule has 1 N–H and O–H groups in total. The van der Waals surface area contributed by atoms with Gasteiger partial charge in [0.15, 0.2) is 11.5 Å². The van der Waals surface area contributed by atoms with E-state index in [0.29, 0.717) is 25.1 Å². The minimum atomic E-state index is -1.16. The smallest absolute Gasteiger partial charge is 0.329 e. The summed E-state index contributed by atoms with van der Waals surface area (Å²) in [6.07, 6.45) is 7.10. The molecule has 2 heterocycles. The Kier molecular flexibility index (Phi) is 4.61. The van der Waals surface area contributed by atoms with E-state index in [1.54, 1.807) is 16.9 Å². The molecule has 134 valence electrons. The van der Waals surface area contributed by atoms with E-state index in [-0.39, 0.29) is 5.69 Å². The van der Waals surface area contributed by atoms with Crippen molar-refractivity contribution < 1.29 is 19.2 Å². The molecule has 0 aliphatic heterocycles. The van der Waals surface area contributed by atoms with Crippen molar-refractivity contribution in [1.82, 2.24) is 19.8 Å². The van der Waals surface area contributed by atoms with E-state index < -0.39 is 17.4 Å². The first kappa shape index (κ1) is 17.2. The van der Waals surface area contributed by atoms with E-state index in [4.69, 9.17) is 4.52 Å². The Morgan fingerprint density at radius 2 is 2.08 bits per heavy atom. The molecule has 0 spiro atoms. The van der Waals surface area contributed by atoms with Gasteiger partial charge in [-0.15, -0.1) is 0 Å². The average molecular weight is 346 g/mol. The summed E-state index contributed by atoms with van der Waals surface area (Å²) in [7, 11) is 1.53. The van der Waals surface area contributed by atoms with Crippen LogP contribution in [0, 0.1) is 6.92 Å². The van der Waals surface area contributed by atoms with Gasteiger partial charge in [-0.1, -0.05) is 24.4 Å². The van der Waals surface area contributed by atoms with Crippen LogP contribution in [0.15, 0.2) is 23.0 Å². The van der Waals surface area contributed by atoms with Gasteiger partial charge in [-0.3, -0.25) is 9.48 Å². The van der Waals surface area contributed by atoms with Gasteiger partial charge in [0.1, 0.15) is 12.1 Å². The topological polar surface area (TPSA) is 101 Å². The van der Waals surface area contributed by atoms with E-state index in [0.717, 1.165) is 24.8 Å². The van der Waals surface area contributed by atoms with E-state index >= 15 is 0 Å². The van der Waals surface area contributed by atoms with Gasteiger partial charge < -0.3 is 14.5 Å².